The van der Waals surface area contributed by atoms with E-state index in [1.165, 1.54) is 0 Å². The Balaban J connectivity index is 2.61. The number of carbonyl (C=O) groups excluding carboxylic acids is 1. The van der Waals surface area contributed by atoms with Crippen molar-refractivity contribution in [2.24, 2.45) is 5.92 Å². The number of nitrogens with one attached hydrogen (secondary N) is 1. The highest BCUT2D eigenvalue weighted by molar-refractivity contribution is 5.84. The number of nitriles is 1. The fourth-order valence-electron chi connectivity index (χ4n) is 2.06. The molecule has 0 aromatic rings. The molecule has 2 unspecified atom stereocenters. The van der Waals surface area contributed by atoms with Crippen LogP contribution in [0.4, 0.5) is 4.79 Å². The SMILES string of the molecule is N#CCC(=O)C1CCCCC1NC(=O)O. The number of hydrogen-bond donors (Lipinski definition) is 2. The summed E-state index contributed by atoms with van der Waals surface area (Å²) < 4.78 is 0. The molecule has 0 aliphatic heterocycles. The molecular formula is C10H14N2O3. The first kappa shape index (κ1) is 11.5. The van der Waals surface area contributed by atoms with Crippen LogP contribution in [0.1, 0.15) is 32.1 Å². The van der Waals surface area contributed by atoms with E-state index in [0.29, 0.717) is 12.8 Å². The lowest BCUT2D eigenvalue weighted by Crippen LogP contribution is -2.44. The molecule has 1 amide bonds. The molecule has 0 radical (unpaired) electrons. The largest absolute Gasteiger partial charge is 0.465 e. The van der Waals surface area contributed by atoms with E-state index in [-0.39, 0.29) is 24.2 Å². The van der Waals surface area contributed by atoms with Crippen molar-refractivity contribution in [1.29, 1.82) is 5.26 Å². The fourth-order valence-corrected chi connectivity index (χ4v) is 2.06. The quantitative estimate of drug-likeness (QED) is 0.734. The van der Waals surface area contributed by atoms with E-state index in [1.54, 1.807) is 0 Å². The number of Topliss-reactive ketones (excluding diaryl/α,β-unsaturated/α-hetero) is 1. The Labute approximate surface area is 88.1 Å². The number of hydrogen-bond acceptors (Lipinski definition) is 3. The minimum absolute atomic E-state index is 0.123. The molecule has 0 spiro atoms. The number of nitrogens with zero attached hydrogens (tertiary/aromatic N) is 1. The highest BCUT2D eigenvalue weighted by Gasteiger charge is 2.31. The summed E-state index contributed by atoms with van der Waals surface area (Å²) in [6, 6.07) is 1.51. The molecule has 0 bridgehead atoms. The number of amides is 1. The van der Waals surface area contributed by atoms with Crippen LogP contribution in [0.5, 0.6) is 0 Å². The first-order chi connectivity index (χ1) is 7.15. The third-order valence-corrected chi connectivity index (χ3v) is 2.74. The molecule has 1 aliphatic carbocycles. The van der Waals surface area contributed by atoms with E-state index in [0.717, 1.165) is 12.8 Å². The highest BCUT2D eigenvalue weighted by atomic mass is 16.4. The van der Waals surface area contributed by atoms with Gasteiger partial charge in [0.15, 0.2) is 5.78 Å². The van der Waals surface area contributed by atoms with Gasteiger partial charge in [-0.25, -0.2) is 4.79 Å². The molecule has 82 valence electrons. The lowest BCUT2D eigenvalue weighted by atomic mass is 9.81. The van der Waals surface area contributed by atoms with Gasteiger partial charge >= 0.3 is 6.09 Å². The van der Waals surface area contributed by atoms with E-state index in [4.69, 9.17) is 10.4 Å². The summed E-state index contributed by atoms with van der Waals surface area (Å²) in [4.78, 5) is 22.0. The predicted octanol–water partition coefficient (Wildman–Crippen LogP) is 1.30. The molecule has 0 heterocycles. The lowest BCUT2D eigenvalue weighted by Gasteiger charge is -2.29. The Morgan fingerprint density at radius 2 is 2.07 bits per heavy atom. The predicted molar refractivity (Wildman–Crippen MR) is 52.1 cm³/mol. The number of carboxylic acid groups (broad SMARTS) is 1. The average Bonchev–Trinajstić information content (AvgIpc) is 2.18. The first-order valence-electron chi connectivity index (χ1n) is 5.04. The van der Waals surface area contributed by atoms with Gasteiger partial charge in [0.1, 0.15) is 0 Å². The van der Waals surface area contributed by atoms with Crippen molar-refractivity contribution in [3.63, 3.8) is 0 Å². The molecule has 2 N–H and O–H groups in total. The van der Waals surface area contributed by atoms with Crippen LogP contribution in [0.3, 0.4) is 0 Å². The third kappa shape index (κ3) is 3.24. The summed E-state index contributed by atoms with van der Waals surface area (Å²) in [7, 11) is 0. The van der Waals surface area contributed by atoms with Gasteiger partial charge in [0.05, 0.1) is 12.5 Å². The van der Waals surface area contributed by atoms with Crippen LogP contribution >= 0.6 is 0 Å². The van der Waals surface area contributed by atoms with E-state index < -0.39 is 6.09 Å². The zero-order valence-electron chi connectivity index (χ0n) is 8.40. The Morgan fingerprint density at radius 3 is 2.67 bits per heavy atom. The van der Waals surface area contributed by atoms with Crippen molar-refractivity contribution in [2.45, 2.75) is 38.1 Å². The van der Waals surface area contributed by atoms with Gasteiger partial charge in [-0.1, -0.05) is 12.8 Å². The van der Waals surface area contributed by atoms with Gasteiger partial charge < -0.3 is 10.4 Å². The number of rotatable bonds is 3. The summed E-state index contributed by atoms with van der Waals surface area (Å²) in [6.45, 7) is 0. The van der Waals surface area contributed by atoms with Crippen molar-refractivity contribution in [1.82, 2.24) is 5.32 Å². The Morgan fingerprint density at radius 1 is 1.40 bits per heavy atom. The molecule has 5 heteroatoms. The van der Waals surface area contributed by atoms with Gasteiger partial charge in [0.25, 0.3) is 0 Å². The normalized spacial score (nSPS) is 25.3. The van der Waals surface area contributed by atoms with E-state index >= 15 is 0 Å². The molecule has 15 heavy (non-hydrogen) atoms. The maximum Gasteiger partial charge on any atom is 0.404 e. The van der Waals surface area contributed by atoms with Crippen LogP contribution in [0, 0.1) is 17.2 Å². The minimum atomic E-state index is -1.10. The molecule has 5 nitrogen and oxygen atoms in total. The van der Waals surface area contributed by atoms with Crippen LogP contribution in [-0.2, 0) is 4.79 Å². The van der Waals surface area contributed by atoms with Gasteiger partial charge in [-0.15, -0.1) is 0 Å². The van der Waals surface area contributed by atoms with Crippen LogP contribution in [0.15, 0.2) is 0 Å². The summed E-state index contributed by atoms with van der Waals surface area (Å²) >= 11 is 0. The van der Waals surface area contributed by atoms with Gasteiger partial charge in [-0.3, -0.25) is 4.79 Å². The van der Waals surface area contributed by atoms with Crippen molar-refractivity contribution in [3.05, 3.63) is 0 Å². The first-order valence-corrected chi connectivity index (χ1v) is 5.04. The van der Waals surface area contributed by atoms with Crippen molar-refractivity contribution in [3.8, 4) is 6.07 Å². The smallest absolute Gasteiger partial charge is 0.404 e. The van der Waals surface area contributed by atoms with Crippen LogP contribution in [-0.4, -0.2) is 23.0 Å². The van der Waals surface area contributed by atoms with Crippen molar-refractivity contribution in [2.75, 3.05) is 0 Å². The summed E-state index contributed by atoms with van der Waals surface area (Å²) in [5, 5.41) is 19.4. The van der Waals surface area contributed by atoms with Gasteiger partial charge in [-0.2, -0.15) is 5.26 Å². The number of carbonyl (C=O) groups is 2. The second-order valence-corrected chi connectivity index (χ2v) is 3.75. The molecule has 1 fully saturated rings. The summed E-state index contributed by atoms with van der Waals surface area (Å²) in [6.07, 6.45) is 2.01. The van der Waals surface area contributed by atoms with Gasteiger partial charge in [0.2, 0.25) is 0 Å². The minimum Gasteiger partial charge on any atom is -0.465 e. The summed E-state index contributed by atoms with van der Waals surface area (Å²) in [5.74, 6) is -0.453. The second-order valence-electron chi connectivity index (χ2n) is 3.75. The monoisotopic (exact) mass is 210 g/mol. The third-order valence-electron chi connectivity index (χ3n) is 2.74. The summed E-state index contributed by atoms with van der Waals surface area (Å²) in [5.41, 5.74) is 0. The van der Waals surface area contributed by atoms with E-state index in [1.807, 2.05) is 6.07 Å². The van der Waals surface area contributed by atoms with Gasteiger partial charge in [0, 0.05) is 12.0 Å². The molecule has 0 saturated heterocycles. The molecular weight excluding hydrogens is 196 g/mol. The molecule has 0 aromatic heterocycles. The fraction of sp³-hybridized carbons (Fsp3) is 0.700. The van der Waals surface area contributed by atoms with E-state index in [9.17, 15) is 9.59 Å². The van der Waals surface area contributed by atoms with E-state index in [2.05, 4.69) is 5.32 Å². The number of ketones is 1. The standard InChI is InChI=1S/C10H14N2O3/c11-6-5-9(13)7-3-1-2-4-8(7)12-10(14)15/h7-8,12H,1-5H2,(H,14,15). The van der Waals surface area contributed by atoms with Crippen LogP contribution in [0.25, 0.3) is 0 Å². The molecule has 1 aliphatic rings. The Hall–Kier alpha value is -1.57. The highest BCUT2D eigenvalue weighted by Crippen LogP contribution is 2.25. The van der Waals surface area contributed by atoms with Crippen LogP contribution in [0.2, 0.25) is 0 Å². The maximum atomic E-state index is 11.5. The second kappa shape index (κ2) is 5.35. The Bertz CT molecular complexity index is 296. The van der Waals surface area contributed by atoms with Crippen molar-refractivity contribution < 1.29 is 14.7 Å². The maximum absolute atomic E-state index is 11.5. The van der Waals surface area contributed by atoms with Crippen LogP contribution < -0.4 is 5.32 Å². The zero-order chi connectivity index (χ0) is 11.3. The molecule has 1 saturated carbocycles. The van der Waals surface area contributed by atoms with Crippen molar-refractivity contribution >= 4 is 11.9 Å². The average molecular weight is 210 g/mol. The topological polar surface area (TPSA) is 90.2 Å². The molecule has 2 atom stereocenters. The lowest BCUT2D eigenvalue weighted by molar-refractivity contribution is -0.123. The Kier molecular flexibility index (Phi) is 4.10. The van der Waals surface area contributed by atoms with Gasteiger partial charge in [-0.05, 0) is 12.8 Å². The molecule has 0 aromatic carbocycles. The molecule has 1 rings (SSSR count). The zero-order valence-corrected chi connectivity index (χ0v) is 8.40.